The Morgan fingerprint density at radius 2 is 2.03 bits per heavy atom. The highest BCUT2D eigenvalue weighted by Crippen LogP contribution is 2.34. The molecule has 2 aliphatic rings. The number of ether oxygens (including phenoxy) is 1. The molecule has 0 aliphatic carbocycles. The van der Waals surface area contributed by atoms with Crippen LogP contribution in [0.25, 0.3) is 11.4 Å². The van der Waals surface area contributed by atoms with Gasteiger partial charge < -0.3 is 14.2 Å². The van der Waals surface area contributed by atoms with Crippen LogP contribution in [0, 0.1) is 5.82 Å². The molecule has 1 atom stereocenters. The molecule has 12 heteroatoms. The minimum atomic E-state index is -4.86. The van der Waals surface area contributed by atoms with Gasteiger partial charge in [-0.1, -0.05) is 5.16 Å². The SMILES string of the molecule is CC1(C)COCCN1C(=O)[C@@H]1CCC(=O)N1c1ccc(-c2noc(C(F)(F)F)n2)c(F)c1. The van der Waals surface area contributed by atoms with E-state index in [0.29, 0.717) is 19.8 Å². The third-order valence-electron chi connectivity index (χ3n) is 5.55. The van der Waals surface area contributed by atoms with Gasteiger partial charge >= 0.3 is 12.1 Å². The zero-order chi connectivity index (χ0) is 23.3. The molecule has 172 valence electrons. The number of nitrogens with zero attached hydrogens (tertiary/aromatic N) is 4. The molecule has 1 aromatic heterocycles. The number of morpholine rings is 1. The highest BCUT2D eigenvalue weighted by atomic mass is 19.4. The lowest BCUT2D eigenvalue weighted by molar-refractivity contribution is -0.159. The van der Waals surface area contributed by atoms with Crippen molar-refractivity contribution in [1.82, 2.24) is 15.0 Å². The van der Waals surface area contributed by atoms with Crippen LogP contribution in [0.1, 0.15) is 32.6 Å². The van der Waals surface area contributed by atoms with E-state index in [1.807, 2.05) is 13.8 Å². The zero-order valence-electron chi connectivity index (χ0n) is 17.3. The molecule has 0 N–H and O–H groups in total. The largest absolute Gasteiger partial charge is 0.471 e. The summed E-state index contributed by atoms with van der Waals surface area (Å²) in [4.78, 5) is 31.9. The lowest BCUT2D eigenvalue weighted by atomic mass is 10.0. The maximum absolute atomic E-state index is 14.8. The summed E-state index contributed by atoms with van der Waals surface area (Å²) in [5.74, 6) is -3.72. The van der Waals surface area contributed by atoms with Crippen molar-refractivity contribution in [3.63, 3.8) is 0 Å². The van der Waals surface area contributed by atoms with Crippen LogP contribution in [-0.4, -0.2) is 58.2 Å². The first-order valence-electron chi connectivity index (χ1n) is 9.91. The number of hydrogen-bond acceptors (Lipinski definition) is 6. The number of hydrogen-bond donors (Lipinski definition) is 0. The minimum Gasteiger partial charge on any atom is -0.377 e. The van der Waals surface area contributed by atoms with Crippen molar-refractivity contribution in [2.24, 2.45) is 0 Å². The Morgan fingerprint density at radius 1 is 1.28 bits per heavy atom. The molecule has 0 unspecified atom stereocenters. The van der Waals surface area contributed by atoms with E-state index >= 15 is 0 Å². The molecule has 3 heterocycles. The maximum atomic E-state index is 14.8. The summed E-state index contributed by atoms with van der Waals surface area (Å²) in [7, 11) is 0. The lowest BCUT2D eigenvalue weighted by Gasteiger charge is -2.44. The van der Waals surface area contributed by atoms with E-state index in [-0.39, 0.29) is 35.9 Å². The first kappa shape index (κ1) is 22.2. The highest BCUT2D eigenvalue weighted by molar-refractivity contribution is 6.04. The number of amides is 2. The molecule has 0 spiro atoms. The van der Waals surface area contributed by atoms with E-state index in [4.69, 9.17) is 4.74 Å². The van der Waals surface area contributed by atoms with E-state index in [9.17, 15) is 27.2 Å². The van der Waals surface area contributed by atoms with Gasteiger partial charge in [-0.15, -0.1) is 0 Å². The Bertz CT molecular complexity index is 1050. The van der Waals surface area contributed by atoms with Crippen LogP contribution in [-0.2, 0) is 20.5 Å². The van der Waals surface area contributed by atoms with Gasteiger partial charge in [-0.3, -0.25) is 14.5 Å². The molecule has 2 fully saturated rings. The van der Waals surface area contributed by atoms with Gasteiger partial charge in [0.1, 0.15) is 11.9 Å². The molecule has 2 amide bonds. The number of halogens is 4. The summed E-state index contributed by atoms with van der Waals surface area (Å²) in [6.07, 6.45) is -4.47. The van der Waals surface area contributed by atoms with Crippen molar-refractivity contribution >= 4 is 17.5 Å². The molecule has 0 bridgehead atoms. The van der Waals surface area contributed by atoms with Gasteiger partial charge in [-0.05, 0) is 38.5 Å². The summed E-state index contributed by atoms with van der Waals surface area (Å²) in [6.45, 7) is 4.83. The first-order chi connectivity index (χ1) is 15.0. The van der Waals surface area contributed by atoms with Crippen molar-refractivity contribution in [3.8, 4) is 11.4 Å². The molecular formula is C20H20F4N4O4. The molecule has 4 rings (SSSR count). The lowest BCUT2D eigenvalue weighted by Crippen LogP contribution is -2.60. The molecule has 2 aromatic rings. The number of carbonyl (C=O) groups excluding carboxylic acids is 2. The Hall–Kier alpha value is -3.02. The van der Waals surface area contributed by atoms with Crippen molar-refractivity contribution in [2.45, 2.75) is 44.4 Å². The van der Waals surface area contributed by atoms with E-state index in [2.05, 4.69) is 14.7 Å². The van der Waals surface area contributed by atoms with Crippen LogP contribution < -0.4 is 4.90 Å². The van der Waals surface area contributed by atoms with Crippen LogP contribution in [0.15, 0.2) is 22.7 Å². The van der Waals surface area contributed by atoms with E-state index in [0.717, 1.165) is 12.1 Å². The van der Waals surface area contributed by atoms with Gasteiger partial charge in [0.15, 0.2) is 0 Å². The summed E-state index contributed by atoms with van der Waals surface area (Å²) in [5, 5.41) is 3.18. The normalized spacial score (nSPS) is 21.3. The van der Waals surface area contributed by atoms with Gasteiger partial charge in [0, 0.05) is 18.7 Å². The summed E-state index contributed by atoms with van der Waals surface area (Å²) in [6, 6.07) is 2.66. The Labute approximate surface area is 180 Å². The molecule has 1 aromatic carbocycles. The topological polar surface area (TPSA) is 88.8 Å². The summed E-state index contributed by atoms with van der Waals surface area (Å²) < 4.78 is 62.4. The minimum absolute atomic E-state index is 0.115. The number of benzene rings is 1. The highest BCUT2D eigenvalue weighted by Gasteiger charge is 2.44. The van der Waals surface area contributed by atoms with Crippen molar-refractivity contribution in [1.29, 1.82) is 0 Å². The number of carbonyl (C=O) groups is 2. The van der Waals surface area contributed by atoms with Crippen LogP contribution in [0.2, 0.25) is 0 Å². The van der Waals surface area contributed by atoms with Gasteiger partial charge in [0.05, 0.1) is 24.3 Å². The molecule has 2 aliphatic heterocycles. The average Bonchev–Trinajstić information content (AvgIpc) is 3.34. The summed E-state index contributed by atoms with van der Waals surface area (Å²) >= 11 is 0. The van der Waals surface area contributed by atoms with Crippen molar-refractivity contribution in [2.75, 3.05) is 24.7 Å². The molecule has 2 saturated heterocycles. The fourth-order valence-corrected chi connectivity index (χ4v) is 3.97. The monoisotopic (exact) mass is 456 g/mol. The zero-order valence-corrected chi connectivity index (χ0v) is 17.3. The van der Waals surface area contributed by atoms with Crippen molar-refractivity contribution < 1.29 is 36.4 Å². The second kappa shape index (κ2) is 7.84. The third kappa shape index (κ3) is 3.94. The standard InChI is InChI=1S/C20H20F4N4O4/c1-19(2)10-31-8-7-27(19)17(30)14-5-6-15(29)28(14)11-3-4-12(13(21)9-11)16-25-18(32-26-16)20(22,23)24/h3-4,9,14H,5-8,10H2,1-2H3/t14-/m0/s1. The van der Waals surface area contributed by atoms with E-state index in [1.165, 1.54) is 11.0 Å². The number of rotatable bonds is 3. The van der Waals surface area contributed by atoms with Gasteiger partial charge in [0.25, 0.3) is 0 Å². The Kier molecular flexibility index (Phi) is 5.43. The Balaban J connectivity index is 1.62. The van der Waals surface area contributed by atoms with E-state index < -0.39 is 35.3 Å². The Morgan fingerprint density at radius 3 is 2.66 bits per heavy atom. The van der Waals surface area contributed by atoms with Crippen LogP contribution in [0.4, 0.5) is 23.2 Å². The third-order valence-corrected chi connectivity index (χ3v) is 5.55. The molecule has 8 nitrogen and oxygen atoms in total. The smallest absolute Gasteiger partial charge is 0.377 e. The maximum Gasteiger partial charge on any atom is 0.471 e. The molecular weight excluding hydrogens is 436 g/mol. The van der Waals surface area contributed by atoms with Gasteiger partial charge in [-0.2, -0.15) is 18.2 Å². The van der Waals surface area contributed by atoms with Crippen LogP contribution in [0.3, 0.4) is 0 Å². The van der Waals surface area contributed by atoms with Gasteiger partial charge in [-0.25, -0.2) is 4.39 Å². The number of aromatic nitrogens is 2. The average molecular weight is 456 g/mol. The fourth-order valence-electron chi connectivity index (χ4n) is 3.97. The predicted octanol–water partition coefficient (Wildman–Crippen LogP) is 3.03. The number of anilines is 1. The summed E-state index contributed by atoms with van der Waals surface area (Å²) in [5.41, 5.74) is -0.758. The second-order valence-corrected chi connectivity index (χ2v) is 8.26. The van der Waals surface area contributed by atoms with Crippen LogP contribution in [0.5, 0.6) is 0 Å². The van der Waals surface area contributed by atoms with Gasteiger partial charge in [0.2, 0.25) is 17.6 Å². The molecule has 0 saturated carbocycles. The second-order valence-electron chi connectivity index (χ2n) is 8.26. The quantitative estimate of drug-likeness (QED) is 0.660. The van der Waals surface area contributed by atoms with E-state index in [1.54, 1.807) is 4.90 Å². The molecule has 0 radical (unpaired) electrons. The number of alkyl halides is 3. The molecule has 32 heavy (non-hydrogen) atoms. The van der Waals surface area contributed by atoms with Crippen molar-refractivity contribution in [3.05, 3.63) is 29.9 Å². The first-order valence-corrected chi connectivity index (χ1v) is 9.91. The fraction of sp³-hybridized carbons (Fsp3) is 0.500. The van der Waals surface area contributed by atoms with Crippen LogP contribution >= 0.6 is 0 Å². The predicted molar refractivity (Wildman–Crippen MR) is 102 cm³/mol.